The van der Waals surface area contributed by atoms with Gasteiger partial charge in [0.25, 0.3) is 0 Å². The van der Waals surface area contributed by atoms with Gasteiger partial charge in [0.2, 0.25) is 0 Å². The monoisotopic (exact) mass is 325 g/mol. The Bertz CT molecular complexity index is 700. The van der Waals surface area contributed by atoms with Crippen molar-refractivity contribution in [2.45, 2.75) is 26.7 Å². The Morgan fingerprint density at radius 3 is 2.29 bits per heavy atom. The molecule has 0 saturated carbocycles. The number of esters is 1. The number of methoxy groups -OCH3 is 1. The molecule has 0 aromatic heterocycles. The Morgan fingerprint density at radius 1 is 1.12 bits per heavy atom. The molecule has 0 bridgehead atoms. The van der Waals surface area contributed by atoms with Crippen molar-refractivity contribution in [1.82, 2.24) is 0 Å². The molecule has 2 aromatic rings. The zero-order chi connectivity index (χ0) is 17.5. The third kappa shape index (κ3) is 4.69. The highest BCUT2D eigenvalue weighted by Crippen LogP contribution is 2.22. The highest BCUT2D eigenvalue weighted by atomic mass is 16.5. The molecule has 0 aliphatic rings. The Labute approximate surface area is 143 Å². The van der Waals surface area contributed by atoms with Gasteiger partial charge in [-0.3, -0.25) is 9.79 Å². The largest absolute Gasteiger partial charge is 0.497 e. The number of ether oxygens (including phenoxy) is 2. The van der Waals surface area contributed by atoms with E-state index in [2.05, 4.69) is 11.1 Å². The molecule has 0 radical (unpaired) electrons. The first kappa shape index (κ1) is 17.7. The number of rotatable bonds is 6. The number of hydrogen-bond donors (Lipinski definition) is 0. The lowest BCUT2D eigenvalue weighted by Crippen LogP contribution is -2.17. The zero-order valence-electron chi connectivity index (χ0n) is 14.6. The Morgan fingerprint density at radius 2 is 1.75 bits per heavy atom. The topological polar surface area (TPSA) is 47.9 Å². The van der Waals surface area contributed by atoms with Gasteiger partial charge < -0.3 is 9.47 Å². The van der Waals surface area contributed by atoms with Gasteiger partial charge in [-0.25, -0.2) is 0 Å². The van der Waals surface area contributed by atoms with Crippen molar-refractivity contribution in [1.29, 1.82) is 0 Å². The van der Waals surface area contributed by atoms with E-state index >= 15 is 0 Å². The molecule has 0 aliphatic heterocycles. The minimum atomic E-state index is -0.545. The third-order valence-electron chi connectivity index (χ3n) is 3.59. The van der Waals surface area contributed by atoms with Crippen molar-refractivity contribution in [2.24, 2.45) is 4.99 Å². The summed E-state index contributed by atoms with van der Waals surface area (Å²) in [6.45, 7) is 6.18. The average molecular weight is 325 g/mol. The molecule has 1 unspecified atom stereocenters. The first-order valence-corrected chi connectivity index (χ1v) is 7.96. The standard InChI is InChI=1S/C20H23NO3/c1-5-24-20(22)19(16-6-8-18(23-4)9-7-16)13-21-17-11-14(2)10-15(3)12-17/h6-13,19H,5H2,1-4H3. The average Bonchev–Trinajstić information content (AvgIpc) is 2.55. The lowest BCUT2D eigenvalue weighted by molar-refractivity contribution is -0.143. The van der Waals surface area contributed by atoms with Gasteiger partial charge in [0.15, 0.2) is 0 Å². The zero-order valence-corrected chi connectivity index (χ0v) is 14.6. The predicted molar refractivity (Wildman–Crippen MR) is 96.4 cm³/mol. The van der Waals surface area contributed by atoms with Gasteiger partial charge in [0.1, 0.15) is 11.7 Å². The van der Waals surface area contributed by atoms with Crippen molar-refractivity contribution in [2.75, 3.05) is 13.7 Å². The van der Waals surface area contributed by atoms with Crippen LogP contribution < -0.4 is 4.74 Å². The summed E-state index contributed by atoms with van der Waals surface area (Å²) < 4.78 is 10.4. The SMILES string of the molecule is CCOC(=O)C(C=Nc1cc(C)cc(C)c1)c1ccc(OC)cc1. The van der Waals surface area contributed by atoms with Crippen LogP contribution in [-0.2, 0) is 9.53 Å². The van der Waals surface area contributed by atoms with Crippen LogP contribution in [0.2, 0.25) is 0 Å². The summed E-state index contributed by atoms with van der Waals surface area (Å²) in [6.07, 6.45) is 1.65. The fourth-order valence-electron chi connectivity index (χ4n) is 2.51. The van der Waals surface area contributed by atoms with Crippen LogP contribution in [0.4, 0.5) is 5.69 Å². The molecule has 4 nitrogen and oxygen atoms in total. The molecule has 0 N–H and O–H groups in total. The van der Waals surface area contributed by atoms with Crippen molar-refractivity contribution < 1.29 is 14.3 Å². The number of benzene rings is 2. The van der Waals surface area contributed by atoms with Gasteiger partial charge in [-0.1, -0.05) is 18.2 Å². The second-order valence-corrected chi connectivity index (χ2v) is 5.63. The lowest BCUT2D eigenvalue weighted by Gasteiger charge is -2.12. The van der Waals surface area contributed by atoms with Crippen LogP contribution in [0.3, 0.4) is 0 Å². The summed E-state index contributed by atoms with van der Waals surface area (Å²) in [6, 6.07) is 13.4. The normalized spacial score (nSPS) is 12.2. The van der Waals surface area contributed by atoms with E-state index in [1.165, 1.54) is 0 Å². The van der Waals surface area contributed by atoms with Crippen LogP contribution in [0.1, 0.15) is 29.5 Å². The van der Waals surface area contributed by atoms with Crippen molar-refractivity contribution >= 4 is 17.9 Å². The summed E-state index contributed by atoms with van der Waals surface area (Å²) in [4.78, 5) is 16.8. The van der Waals surface area contributed by atoms with E-state index in [1.54, 1.807) is 20.2 Å². The molecule has 126 valence electrons. The third-order valence-corrected chi connectivity index (χ3v) is 3.59. The van der Waals surface area contributed by atoms with E-state index < -0.39 is 5.92 Å². The molecular formula is C20H23NO3. The maximum atomic E-state index is 12.3. The number of carbonyl (C=O) groups is 1. The van der Waals surface area contributed by atoms with Gasteiger partial charge in [-0.15, -0.1) is 0 Å². The van der Waals surface area contributed by atoms with Crippen LogP contribution >= 0.6 is 0 Å². The summed E-state index contributed by atoms with van der Waals surface area (Å²) in [5.74, 6) is -0.111. The summed E-state index contributed by atoms with van der Waals surface area (Å²) >= 11 is 0. The molecule has 0 amide bonds. The maximum Gasteiger partial charge on any atom is 0.318 e. The van der Waals surface area contributed by atoms with Gasteiger partial charge in [-0.05, 0) is 61.7 Å². The number of nitrogens with zero attached hydrogens (tertiary/aromatic N) is 1. The van der Waals surface area contributed by atoms with Crippen molar-refractivity contribution in [3.8, 4) is 5.75 Å². The molecule has 0 heterocycles. The summed E-state index contributed by atoms with van der Waals surface area (Å²) in [5.41, 5.74) is 3.93. The molecule has 0 fully saturated rings. The quantitative estimate of drug-likeness (QED) is 0.585. The van der Waals surface area contributed by atoms with Crippen LogP contribution in [0.5, 0.6) is 5.75 Å². The van der Waals surface area contributed by atoms with E-state index in [4.69, 9.17) is 9.47 Å². The molecule has 2 aromatic carbocycles. The van der Waals surface area contributed by atoms with Crippen LogP contribution in [0, 0.1) is 13.8 Å². The van der Waals surface area contributed by atoms with Crippen LogP contribution in [0.15, 0.2) is 47.5 Å². The number of aliphatic imine (C=N–C) groups is 1. The van der Waals surface area contributed by atoms with Gasteiger partial charge in [0, 0.05) is 6.21 Å². The van der Waals surface area contributed by atoms with E-state index in [0.29, 0.717) is 6.61 Å². The number of hydrogen-bond acceptors (Lipinski definition) is 4. The van der Waals surface area contributed by atoms with E-state index in [0.717, 1.165) is 28.1 Å². The van der Waals surface area contributed by atoms with E-state index in [-0.39, 0.29) is 5.97 Å². The number of aryl methyl sites for hydroxylation is 2. The van der Waals surface area contributed by atoms with Crippen molar-refractivity contribution in [3.63, 3.8) is 0 Å². The fourth-order valence-corrected chi connectivity index (χ4v) is 2.51. The number of carbonyl (C=O) groups excluding carboxylic acids is 1. The maximum absolute atomic E-state index is 12.3. The highest BCUT2D eigenvalue weighted by Gasteiger charge is 2.20. The molecule has 1 atom stereocenters. The molecular weight excluding hydrogens is 302 g/mol. The highest BCUT2D eigenvalue weighted by molar-refractivity contribution is 5.96. The smallest absolute Gasteiger partial charge is 0.318 e. The molecule has 24 heavy (non-hydrogen) atoms. The van der Waals surface area contributed by atoms with Gasteiger partial charge in [-0.2, -0.15) is 0 Å². The van der Waals surface area contributed by atoms with E-state index in [1.807, 2.05) is 50.2 Å². The molecule has 4 heteroatoms. The lowest BCUT2D eigenvalue weighted by atomic mass is 10.0. The molecule has 0 saturated heterocycles. The Kier molecular flexibility index (Phi) is 6.13. The minimum absolute atomic E-state index is 0.309. The Balaban J connectivity index is 2.31. The Hall–Kier alpha value is -2.62. The molecule has 0 aliphatic carbocycles. The van der Waals surface area contributed by atoms with Gasteiger partial charge >= 0.3 is 5.97 Å². The van der Waals surface area contributed by atoms with Gasteiger partial charge in [0.05, 0.1) is 19.4 Å². The molecule has 2 rings (SSSR count). The van der Waals surface area contributed by atoms with Crippen LogP contribution in [-0.4, -0.2) is 25.9 Å². The van der Waals surface area contributed by atoms with Crippen LogP contribution in [0.25, 0.3) is 0 Å². The summed E-state index contributed by atoms with van der Waals surface area (Å²) in [7, 11) is 1.61. The second-order valence-electron chi connectivity index (χ2n) is 5.63. The molecule has 0 spiro atoms. The first-order valence-electron chi connectivity index (χ1n) is 7.96. The van der Waals surface area contributed by atoms with E-state index in [9.17, 15) is 4.79 Å². The fraction of sp³-hybridized carbons (Fsp3) is 0.300. The predicted octanol–water partition coefficient (Wildman–Crippen LogP) is 4.36. The minimum Gasteiger partial charge on any atom is -0.497 e. The summed E-state index contributed by atoms with van der Waals surface area (Å²) in [5, 5.41) is 0. The second kappa shape index (κ2) is 8.29. The van der Waals surface area contributed by atoms with Crippen molar-refractivity contribution in [3.05, 3.63) is 59.2 Å². The first-order chi connectivity index (χ1) is 11.5.